The van der Waals surface area contributed by atoms with Crippen molar-refractivity contribution in [1.82, 2.24) is 19.8 Å². The molecule has 1 saturated heterocycles. The van der Waals surface area contributed by atoms with Gasteiger partial charge in [0.15, 0.2) is 0 Å². The minimum atomic E-state index is -0.249. The number of benzene rings is 1. The number of morpholine rings is 1. The van der Waals surface area contributed by atoms with Gasteiger partial charge in [-0.2, -0.15) is 0 Å². The van der Waals surface area contributed by atoms with Gasteiger partial charge in [-0.3, -0.25) is 4.79 Å². The highest BCUT2D eigenvalue weighted by Crippen LogP contribution is 2.23. The van der Waals surface area contributed by atoms with E-state index in [9.17, 15) is 4.79 Å². The van der Waals surface area contributed by atoms with Crippen LogP contribution in [0.5, 0.6) is 0 Å². The van der Waals surface area contributed by atoms with Crippen LogP contribution >= 0.6 is 11.6 Å². The van der Waals surface area contributed by atoms with E-state index in [1.54, 1.807) is 17.0 Å². The Morgan fingerprint density at radius 2 is 2.25 bits per heavy atom. The maximum atomic E-state index is 12.7. The molecule has 1 aliphatic heterocycles. The molecule has 2 aromatic rings. The van der Waals surface area contributed by atoms with Crippen LogP contribution in [0.4, 0.5) is 0 Å². The van der Waals surface area contributed by atoms with E-state index in [2.05, 4.69) is 14.9 Å². The molecule has 6 nitrogen and oxygen atoms in total. The Labute approximate surface area is 146 Å². The molecule has 1 aliphatic rings. The van der Waals surface area contributed by atoms with Gasteiger partial charge in [0.25, 0.3) is 5.91 Å². The van der Waals surface area contributed by atoms with E-state index in [0.717, 1.165) is 18.1 Å². The Hall–Kier alpha value is -1.89. The van der Waals surface area contributed by atoms with Gasteiger partial charge in [-0.15, -0.1) is 0 Å². The zero-order valence-electron chi connectivity index (χ0n) is 13.8. The van der Waals surface area contributed by atoms with Gasteiger partial charge in [-0.05, 0) is 26.2 Å². The fourth-order valence-electron chi connectivity index (χ4n) is 2.77. The Balaban J connectivity index is 1.71. The first-order valence-corrected chi connectivity index (χ1v) is 8.26. The molecule has 1 amide bonds. The molecule has 0 aliphatic carbocycles. The fraction of sp³-hybridized carbons (Fsp3) is 0.412. The maximum absolute atomic E-state index is 12.7. The first-order chi connectivity index (χ1) is 11.5. The lowest BCUT2D eigenvalue weighted by molar-refractivity contribution is -0.0265. The molecule has 0 saturated carbocycles. The number of carbonyl (C=O) groups excluding carboxylic acids is 1. The molecule has 1 atom stereocenters. The third-order valence-electron chi connectivity index (χ3n) is 3.90. The summed E-state index contributed by atoms with van der Waals surface area (Å²) in [5, 5.41) is 0.469. The average molecular weight is 349 g/mol. The minimum Gasteiger partial charge on any atom is -0.367 e. The molecule has 0 radical (unpaired) electrons. The van der Waals surface area contributed by atoms with Crippen LogP contribution in [0.25, 0.3) is 0 Å². The van der Waals surface area contributed by atoms with Crippen molar-refractivity contribution in [2.45, 2.75) is 12.6 Å². The second-order valence-corrected chi connectivity index (χ2v) is 6.53. The van der Waals surface area contributed by atoms with E-state index in [0.29, 0.717) is 30.3 Å². The highest BCUT2D eigenvalue weighted by atomic mass is 35.5. The van der Waals surface area contributed by atoms with Crippen molar-refractivity contribution in [3.63, 3.8) is 0 Å². The van der Waals surface area contributed by atoms with Crippen molar-refractivity contribution in [3.05, 3.63) is 52.6 Å². The van der Waals surface area contributed by atoms with Crippen LogP contribution in [0.1, 0.15) is 28.0 Å². The summed E-state index contributed by atoms with van der Waals surface area (Å²) in [5.74, 6) is 0.678. The van der Waals surface area contributed by atoms with Gasteiger partial charge in [0.2, 0.25) is 0 Å². The number of hydrogen-bond donors (Lipinski definition) is 1. The quantitative estimate of drug-likeness (QED) is 0.921. The van der Waals surface area contributed by atoms with Crippen molar-refractivity contribution in [2.75, 3.05) is 33.8 Å². The average Bonchev–Trinajstić information content (AvgIpc) is 3.02. The topological polar surface area (TPSA) is 61.5 Å². The summed E-state index contributed by atoms with van der Waals surface area (Å²) in [4.78, 5) is 24.2. The highest BCUT2D eigenvalue weighted by molar-refractivity contribution is 6.33. The number of carbonyl (C=O) groups is 1. The number of hydrogen-bond acceptors (Lipinski definition) is 4. The molecule has 1 aromatic heterocycles. The van der Waals surface area contributed by atoms with Crippen molar-refractivity contribution < 1.29 is 9.53 Å². The molecule has 0 unspecified atom stereocenters. The molecule has 7 heteroatoms. The number of halogens is 1. The summed E-state index contributed by atoms with van der Waals surface area (Å²) in [5.41, 5.74) is 1.54. The van der Waals surface area contributed by atoms with Gasteiger partial charge in [0, 0.05) is 25.0 Å². The van der Waals surface area contributed by atoms with Gasteiger partial charge in [0.05, 0.1) is 23.7 Å². The summed E-state index contributed by atoms with van der Waals surface area (Å²) in [6.07, 6.45) is 1.56. The van der Waals surface area contributed by atoms with E-state index in [1.165, 1.54) is 0 Å². The smallest absolute Gasteiger partial charge is 0.255 e. The maximum Gasteiger partial charge on any atom is 0.255 e. The van der Waals surface area contributed by atoms with Gasteiger partial charge in [0.1, 0.15) is 11.9 Å². The Morgan fingerprint density at radius 3 is 3.00 bits per heavy atom. The van der Waals surface area contributed by atoms with E-state index < -0.39 is 0 Å². The molecule has 3 rings (SSSR count). The molecule has 1 fully saturated rings. The van der Waals surface area contributed by atoms with E-state index >= 15 is 0 Å². The van der Waals surface area contributed by atoms with Gasteiger partial charge in [-0.1, -0.05) is 23.7 Å². The zero-order valence-corrected chi connectivity index (χ0v) is 14.6. The standard InChI is InChI=1S/C17H21ClN4O2/c1-21(2)10-12-9-19-16(20-12)15-11-22(7-8-24-15)17(23)13-5-3-4-6-14(13)18/h3-6,9,15H,7-8,10-11H2,1-2H3,(H,19,20)/t15-/m1/s1. The number of aromatic amines is 1. The molecular weight excluding hydrogens is 328 g/mol. The number of imidazole rings is 1. The number of rotatable bonds is 4. The van der Waals surface area contributed by atoms with E-state index in [-0.39, 0.29) is 12.0 Å². The summed E-state index contributed by atoms with van der Waals surface area (Å²) in [6, 6.07) is 7.11. The predicted octanol–water partition coefficient (Wildman–Crippen LogP) is 2.34. The number of nitrogens with zero attached hydrogens (tertiary/aromatic N) is 3. The summed E-state index contributed by atoms with van der Waals surface area (Å²) in [7, 11) is 4.00. The SMILES string of the molecule is CN(C)Cc1cnc([C@H]2CN(C(=O)c3ccccc3Cl)CCO2)[nH]1. The Bertz CT molecular complexity index is 716. The molecule has 0 spiro atoms. The van der Waals surface area contributed by atoms with Crippen molar-refractivity contribution in [1.29, 1.82) is 0 Å². The van der Waals surface area contributed by atoms with E-state index in [1.807, 2.05) is 32.4 Å². The number of ether oxygens (including phenoxy) is 1. The third kappa shape index (κ3) is 3.77. The zero-order chi connectivity index (χ0) is 17.1. The lowest BCUT2D eigenvalue weighted by Gasteiger charge is -2.32. The van der Waals surface area contributed by atoms with Gasteiger partial charge in [-0.25, -0.2) is 4.98 Å². The molecule has 128 valence electrons. The van der Waals surface area contributed by atoms with Crippen molar-refractivity contribution in [3.8, 4) is 0 Å². The van der Waals surface area contributed by atoms with Crippen LogP contribution in [-0.2, 0) is 11.3 Å². The Morgan fingerprint density at radius 1 is 1.46 bits per heavy atom. The monoisotopic (exact) mass is 348 g/mol. The van der Waals surface area contributed by atoms with E-state index in [4.69, 9.17) is 16.3 Å². The molecular formula is C17H21ClN4O2. The molecule has 1 N–H and O–H groups in total. The van der Waals surface area contributed by atoms with Gasteiger partial charge >= 0.3 is 0 Å². The second kappa shape index (κ2) is 7.34. The first-order valence-electron chi connectivity index (χ1n) is 7.88. The van der Waals surface area contributed by atoms with Crippen LogP contribution in [0.2, 0.25) is 5.02 Å². The number of nitrogens with one attached hydrogen (secondary N) is 1. The number of amides is 1. The van der Waals surface area contributed by atoms with Crippen LogP contribution < -0.4 is 0 Å². The largest absolute Gasteiger partial charge is 0.367 e. The third-order valence-corrected chi connectivity index (χ3v) is 4.23. The van der Waals surface area contributed by atoms with Crippen LogP contribution in [0.3, 0.4) is 0 Å². The molecule has 2 heterocycles. The van der Waals surface area contributed by atoms with Crippen molar-refractivity contribution >= 4 is 17.5 Å². The lowest BCUT2D eigenvalue weighted by Crippen LogP contribution is -2.42. The normalized spacial score (nSPS) is 18.2. The van der Waals surface area contributed by atoms with Crippen molar-refractivity contribution in [2.24, 2.45) is 0 Å². The molecule has 0 bridgehead atoms. The highest BCUT2D eigenvalue weighted by Gasteiger charge is 2.28. The number of H-pyrrole nitrogens is 1. The minimum absolute atomic E-state index is 0.0750. The second-order valence-electron chi connectivity index (χ2n) is 6.12. The van der Waals surface area contributed by atoms with Crippen LogP contribution in [-0.4, -0.2) is 59.5 Å². The summed E-state index contributed by atoms with van der Waals surface area (Å²) >= 11 is 6.14. The molecule has 1 aromatic carbocycles. The first kappa shape index (κ1) is 17.0. The Kier molecular flexibility index (Phi) is 5.18. The summed E-state index contributed by atoms with van der Waals surface area (Å²) in [6.45, 7) is 2.26. The summed E-state index contributed by atoms with van der Waals surface area (Å²) < 4.78 is 5.79. The van der Waals surface area contributed by atoms with Crippen LogP contribution in [0.15, 0.2) is 30.5 Å². The predicted molar refractivity (Wildman–Crippen MR) is 92.0 cm³/mol. The van der Waals surface area contributed by atoms with Gasteiger partial charge < -0.3 is 19.5 Å². The fourth-order valence-corrected chi connectivity index (χ4v) is 2.98. The number of aromatic nitrogens is 2. The van der Waals surface area contributed by atoms with Crippen LogP contribution in [0, 0.1) is 0 Å². The lowest BCUT2D eigenvalue weighted by atomic mass is 10.1. The molecule has 24 heavy (non-hydrogen) atoms.